The standard InChI is InChI=1S/C27H25ClN2O/c1-26(2)22-17-19(28)9-11-25(22)30-14-15-31-27(26,30)13-12-18-8-10-24-21(16-18)20-6-4-5-7-23(20)29(24)3/h4-13,16-17H,14-15H2,1-3H3/b13-12+. The molecule has 2 aliphatic heterocycles. The zero-order valence-corrected chi connectivity index (χ0v) is 18.8. The quantitative estimate of drug-likeness (QED) is 0.361. The molecule has 1 atom stereocenters. The third kappa shape index (κ3) is 2.45. The molecule has 1 fully saturated rings. The van der Waals surface area contributed by atoms with Gasteiger partial charge in [-0.3, -0.25) is 0 Å². The zero-order chi connectivity index (χ0) is 21.4. The fourth-order valence-electron chi connectivity index (χ4n) is 5.64. The largest absolute Gasteiger partial charge is 0.349 e. The van der Waals surface area contributed by atoms with Gasteiger partial charge < -0.3 is 14.2 Å². The van der Waals surface area contributed by atoms with Crippen molar-refractivity contribution in [3.8, 4) is 0 Å². The third-order valence-electron chi connectivity index (χ3n) is 7.30. The van der Waals surface area contributed by atoms with Crippen LogP contribution in [0.2, 0.25) is 5.02 Å². The maximum Gasteiger partial charge on any atom is 0.170 e. The number of ether oxygens (including phenoxy) is 1. The van der Waals surface area contributed by atoms with Crippen molar-refractivity contribution < 1.29 is 4.74 Å². The van der Waals surface area contributed by atoms with Gasteiger partial charge in [0.2, 0.25) is 0 Å². The van der Waals surface area contributed by atoms with Gasteiger partial charge in [0.1, 0.15) is 0 Å². The molecule has 4 aromatic rings. The minimum absolute atomic E-state index is 0.218. The molecule has 0 spiro atoms. The van der Waals surface area contributed by atoms with E-state index in [0.29, 0.717) is 0 Å². The van der Waals surface area contributed by atoms with E-state index in [1.807, 2.05) is 6.07 Å². The van der Waals surface area contributed by atoms with Gasteiger partial charge in [0, 0.05) is 51.5 Å². The van der Waals surface area contributed by atoms with Crippen molar-refractivity contribution in [2.24, 2.45) is 7.05 Å². The minimum Gasteiger partial charge on any atom is -0.349 e. The maximum absolute atomic E-state index is 6.48. The van der Waals surface area contributed by atoms with Gasteiger partial charge in [0.05, 0.1) is 6.61 Å². The van der Waals surface area contributed by atoms with E-state index in [1.165, 1.54) is 38.6 Å². The lowest BCUT2D eigenvalue weighted by atomic mass is 9.77. The lowest BCUT2D eigenvalue weighted by molar-refractivity contribution is 0.000339. The van der Waals surface area contributed by atoms with Gasteiger partial charge in [0.25, 0.3) is 0 Å². The van der Waals surface area contributed by atoms with Crippen LogP contribution in [0.5, 0.6) is 0 Å². The Morgan fingerprint density at radius 2 is 1.77 bits per heavy atom. The Balaban J connectivity index is 1.47. The van der Waals surface area contributed by atoms with E-state index < -0.39 is 5.72 Å². The van der Waals surface area contributed by atoms with Crippen LogP contribution in [0.15, 0.2) is 66.7 Å². The van der Waals surface area contributed by atoms with Gasteiger partial charge in [0.15, 0.2) is 5.72 Å². The highest BCUT2D eigenvalue weighted by Crippen LogP contribution is 2.55. The van der Waals surface area contributed by atoms with Crippen LogP contribution in [0.4, 0.5) is 5.69 Å². The van der Waals surface area contributed by atoms with E-state index in [4.69, 9.17) is 16.3 Å². The van der Waals surface area contributed by atoms with Crippen LogP contribution in [-0.2, 0) is 17.2 Å². The van der Waals surface area contributed by atoms with Gasteiger partial charge in [-0.1, -0.05) is 55.8 Å². The number of hydrogen-bond acceptors (Lipinski definition) is 2. The Kier molecular flexibility index (Phi) is 3.91. The van der Waals surface area contributed by atoms with Crippen LogP contribution in [-0.4, -0.2) is 23.4 Å². The molecule has 31 heavy (non-hydrogen) atoms. The van der Waals surface area contributed by atoms with Crippen LogP contribution in [0.25, 0.3) is 27.9 Å². The number of halogens is 1. The fourth-order valence-corrected chi connectivity index (χ4v) is 5.81. The molecule has 1 unspecified atom stereocenters. The topological polar surface area (TPSA) is 17.4 Å². The number of benzene rings is 3. The highest BCUT2D eigenvalue weighted by Gasteiger charge is 2.59. The van der Waals surface area contributed by atoms with Crippen LogP contribution < -0.4 is 4.90 Å². The average molecular weight is 429 g/mol. The maximum atomic E-state index is 6.48. The molecule has 0 radical (unpaired) electrons. The summed E-state index contributed by atoms with van der Waals surface area (Å²) in [6, 6.07) is 21.5. The number of nitrogens with zero attached hydrogens (tertiary/aromatic N) is 2. The van der Waals surface area contributed by atoms with E-state index in [0.717, 1.165) is 18.2 Å². The first-order chi connectivity index (χ1) is 14.9. The minimum atomic E-state index is -0.506. The Hall–Kier alpha value is -2.75. The molecule has 2 aliphatic rings. The summed E-state index contributed by atoms with van der Waals surface area (Å²) in [7, 11) is 2.13. The van der Waals surface area contributed by atoms with Crippen LogP contribution in [0, 0.1) is 0 Å². The Labute approximate surface area is 187 Å². The summed E-state index contributed by atoms with van der Waals surface area (Å²) < 4.78 is 8.74. The molecule has 0 bridgehead atoms. The first-order valence-electron chi connectivity index (χ1n) is 10.8. The van der Waals surface area contributed by atoms with Gasteiger partial charge >= 0.3 is 0 Å². The van der Waals surface area contributed by atoms with Gasteiger partial charge in [-0.2, -0.15) is 0 Å². The third-order valence-corrected chi connectivity index (χ3v) is 7.53. The first kappa shape index (κ1) is 19.0. The molecular formula is C27H25ClN2O. The molecule has 4 heteroatoms. The second kappa shape index (κ2) is 6.38. The number of anilines is 1. The normalized spacial score (nSPS) is 22.0. The molecule has 1 saturated heterocycles. The van der Waals surface area contributed by atoms with Crippen molar-refractivity contribution >= 4 is 45.2 Å². The Bertz CT molecular complexity index is 1380. The van der Waals surface area contributed by atoms with E-state index in [2.05, 4.69) is 97.1 Å². The van der Waals surface area contributed by atoms with E-state index in [-0.39, 0.29) is 5.41 Å². The lowest BCUT2D eigenvalue weighted by Crippen LogP contribution is -2.51. The monoisotopic (exact) mass is 428 g/mol. The number of fused-ring (bicyclic) bond motifs is 6. The average Bonchev–Trinajstić information content (AvgIpc) is 3.38. The van der Waals surface area contributed by atoms with Crippen molar-refractivity contribution in [2.75, 3.05) is 18.1 Å². The molecule has 3 aromatic carbocycles. The van der Waals surface area contributed by atoms with Crippen LogP contribution in [0.1, 0.15) is 25.0 Å². The molecule has 0 N–H and O–H groups in total. The molecule has 6 rings (SSSR count). The van der Waals surface area contributed by atoms with Gasteiger partial charge in [-0.25, -0.2) is 0 Å². The smallest absolute Gasteiger partial charge is 0.170 e. The number of rotatable bonds is 2. The van der Waals surface area contributed by atoms with Gasteiger partial charge in [-0.15, -0.1) is 0 Å². The lowest BCUT2D eigenvalue weighted by Gasteiger charge is -2.39. The zero-order valence-electron chi connectivity index (χ0n) is 18.0. The van der Waals surface area contributed by atoms with E-state index in [9.17, 15) is 0 Å². The molecule has 0 saturated carbocycles. The summed E-state index contributed by atoms with van der Waals surface area (Å²) in [5, 5.41) is 3.34. The highest BCUT2D eigenvalue weighted by atomic mass is 35.5. The molecule has 3 nitrogen and oxygen atoms in total. The van der Waals surface area contributed by atoms with Crippen molar-refractivity contribution in [1.29, 1.82) is 0 Å². The highest BCUT2D eigenvalue weighted by molar-refractivity contribution is 6.30. The fraction of sp³-hybridized carbons (Fsp3) is 0.259. The van der Waals surface area contributed by atoms with Crippen molar-refractivity contribution in [3.63, 3.8) is 0 Å². The van der Waals surface area contributed by atoms with Crippen molar-refractivity contribution in [1.82, 2.24) is 4.57 Å². The van der Waals surface area contributed by atoms with Crippen LogP contribution >= 0.6 is 11.6 Å². The summed E-state index contributed by atoms with van der Waals surface area (Å²) in [6.45, 7) is 6.11. The molecule has 3 heterocycles. The first-order valence-corrected chi connectivity index (χ1v) is 11.2. The molecular weight excluding hydrogens is 404 g/mol. The summed E-state index contributed by atoms with van der Waals surface area (Å²) in [5.41, 5.74) is 5.43. The number of aromatic nitrogens is 1. The summed E-state index contributed by atoms with van der Waals surface area (Å²) in [6.07, 6.45) is 4.47. The van der Waals surface area contributed by atoms with Gasteiger partial charge in [-0.05, 0) is 53.6 Å². The second-order valence-corrected chi connectivity index (χ2v) is 9.61. The molecule has 0 amide bonds. The number of aryl methyl sites for hydroxylation is 1. The predicted octanol–water partition coefficient (Wildman–Crippen LogP) is 6.52. The summed E-state index contributed by atoms with van der Waals surface area (Å²) in [4.78, 5) is 2.39. The summed E-state index contributed by atoms with van der Waals surface area (Å²) in [5.74, 6) is 0. The van der Waals surface area contributed by atoms with E-state index >= 15 is 0 Å². The molecule has 1 aromatic heterocycles. The number of para-hydroxylation sites is 1. The Morgan fingerprint density at radius 1 is 0.968 bits per heavy atom. The molecule has 0 aliphatic carbocycles. The van der Waals surface area contributed by atoms with Crippen molar-refractivity contribution in [2.45, 2.75) is 25.0 Å². The predicted molar refractivity (Wildman–Crippen MR) is 130 cm³/mol. The molecule has 156 valence electrons. The Morgan fingerprint density at radius 3 is 2.65 bits per heavy atom. The van der Waals surface area contributed by atoms with Crippen LogP contribution in [0.3, 0.4) is 0 Å². The van der Waals surface area contributed by atoms with Crippen molar-refractivity contribution in [3.05, 3.63) is 82.9 Å². The summed E-state index contributed by atoms with van der Waals surface area (Å²) >= 11 is 6.35. The number of hydrogen-bond donors (Lipinski definition) is 0. The second-order valence-electron chi connectivity index (χ2n) is 9.17. The SMILES string of the molecule is Cn1c2ccccc2c2cc(/C=C/C34OCCN3c3ccc(Cl)cc3C4(C)C)ccc21. The van der Waals surface area contributed by atoms with E-state index in [1.54, 1.807) is 0 Å².